The van der Waals surface area contributed by atoms with Gasteiger partial charge in [0.15, 0.2) is 0 Å². The van der Waals surface area contributed by atoms with Crippen molar-refractivity contribution in [2.45, 2.75) is 48.9 Å². The lowest BCUT2D eigenvalue weighted by atomic mass is 9.68. The zero-order chi connectivity index (χ0) is 25.6. The number of imide groups is 1. The van der Waals surface area contributed by atoms with Gasteiger partial charge in [0.2, 0.25) is 11.8 Å². The molecule has 8 unspecified atom stereocenters. The number of thioether (sulfide) groups is 1. The van der Waals surface area contributed by atoms with E-state index in [0.717, 1.165) is 38.1 Å². The summed E-state index contributed by atoms with van der Waals surface area (Å²) < 4.78 is 0. The number of carboxylic acids is 1. The van der Waals surface area contributed by atoms with Crippen molar-refractivity contribution in [1.82, 2.24) is 9.88 Å². The van der Waals surface area contributed by atoms with Crippen LogP contribution < -0.4 is 4.87 Å². The van der Waals surface area contributed by atoms with Crippen molar-refractivity contribution >= 4 is 64.1 Å². The number of carbonyl (C=O) groups excluding carboxylic acids is 2. The van der Waals surface area contributed by atoms with Gasteiger partial charge in [0, 0.05) is 16.0 Å². The molecule has 2 saturated carbocycles. The van der Waals surface area contributed by atoms with E-state index in [1.54, 1.807) is 17.8 Å². The number of aliphatic carboxylic acids is 1. The lowest BCUT2D eigenvalue weighted by Crippen LogP contribution is -2.47. The minimum absolute atomic E-state index is 0.000810. The van der Waals surface area contributed by atoms with Gasteiger partial charge < -0.3 is 10.1 Å². The molecule has 3 heterocycles. The number of aromatic nitrogens is 1. The molecule has 0 spiro atoms. The van der Waals surface area contributed by atoms with Crippen molar-refractivity contribution in [2.75, 3.05) is 0 Å². The van der Waals surface area contributed by atoms with Crippen LogP contribution in [0.25, 0.3) is 0 Å². The zero-order valence-corrected chi connectivity index (χ0v) is 22.6. The molecule has 4 aliphatic rings. The molecule has 2 amide bonds. The number of amides is 2. The zero-order valence-electron chi connectivity index (χ0n) is 19.4. The van der Waals surface area contributed by atoms with E-state index in [9.17, 15) is 24.3 Å². The third-order valence-corrected chi connectivity index (χ3v) is 11.8. The predicted molar refractivity (Wildman–Crippen MR) is 138 cm³/mol. The molecule has 6 rings (SSSR count). The van der Waals surface area contributed by atoms with E-state index in [-0.39, 0.29) is 57.9 Å². The van der Waals surface area contributed by atoms with Crippen molar-refractivity contribution in [1.29, 1.82) is 0 Å². The molecule has 1 saturated heterocycles. The first-order valence-electron chi connectivity index (χ1n) is 12.0. The Bertz CT molecular complexity index is 1360. The number of likely N-dealkylation sites (tertiary alicyclic amines) is 1. The normalized spacial score (nSPS) is 33.1. The second kappa shape index (κ2) is 8.61. The first-order valence-corrected chi connectivity index (χ1v) is 14.5. The molecule has 2 N–H and O–H groups in total. The number of thiazole rings is 1. The Morgan fingerprint density at radius 1 is 1.17 bits per heavy atom. The maximum Gasteiger partial charge on any atom is 0.326 e. The Labute approximate surface area is 225 Å². The number of halogens is 2. The fraction of sp³-hybridized carbons (Fsp3) is 0.520. The second-order valence-corrected chi connectivity index (χ2v) is 13.6. The SMILES string of the molecule is CC(C)CC(C(=O)O)N1C(=O)C2C3CC(C2C1=O)C1C(c2cccc(Cl)c2Cl)c2sc(=O)[nH]c2SC31. The summed E-state index contributed by atoms with van der Waals surface area (Å²) in [4.78, 5) is 56.6. The Hall–Kier alpha value is -1.81. The number of fused-ring (bicyclic) bond motifs is 9. The molecule has 3 fully saturated rings. The number of rotatable bonds is 5. The standard InChI is InChI=1S/C25H24Cl2N2O5S2/c1-8(2)6-13(24(32)33)29-22(30)16-10-7-11(17(16)23(29)31)19-15(10)14(9-4-3-5-12(26)18(9)27)20-21(35-19)28-25(34)36-20/h3-5,8,10-11,13-17,19H,6-7H2,1-2H3,(H,28,34)(H,32,33). The number of benzene rings is 1. The summed E-state index contributed by atoms with van der Waals surface area (Å²) in [5.41, 5.74) is 0.817. The van der Waals surface area contributed by atoms with Crippen LogP contribution in [0.1, 0.15) is 43.0 Å². The van der Waals surface area contributed by atoms with E-state index in [1.807, 2.05) is 26.0 Å². The smallest absolute Gasteiger partial charge is 0.326 e. The average molecular weight is 568 g/mol. The van der Waals surface area contributed by atoms with Crippen LogP contribution in [0.3, 0.4) is 0 Å². The van der Waals surface area contributed by atoms with Crippen molar-refractivity contribution in [3.05, 3.63) is 48.4 Å². The molecule has 2 aliphatic heterocycles. The van der Waals surface area contributed by atoms with Gasteiger partial charge in [-0.1, -0.05) is 60.5 Å². The van der Waals surface area contributed by atoms with Crippen LogP contribution in [0.2, 0.25) is 10.0 Å². The number of H-pyrrole nitrogens is 1. The van der Waals surface area contributed by atoms with Gasteiger partial charge in [0.1, 0.15) is 6.04 Å². The van der Waals surface area contributed by atoms with Gasteiger partial charge in [-0.2, -0.15) is 0 Å². The minimum atomic E-state index is -1.15. The number of nitrogens with one attached hydrogen (secondary N) is 1. The number of carbonyl (C=O) groups is 3. The fourth-order valence-corrected chi connectivity index (χ4v) is 10.5. The Balaban J connectivity index is 1.44. The third kappa shape index (κ3) is 3.38. The van der Waals surface area contributed by atoms with Crippen LogP contribution in [0.5, 0.6) is 0 Å². The summed E-state index contributed by atoms with van der Waals surface area (Å²) in [6.07, 6.45) is 0.946. The molecule has 36 heavy (non-hydrogen) atoms. The lowest BCUT2D eigenvalue weighted by molar-refractivity contribution is -0.156. The molecule has 2 bridgehead atoms. The molecule has 2 aromatic rings. The third-order valence-electron chi connectivity index (χ3n) is 8.37. The van der Waals surface area contributed by atoms with E-state index in [0.29, 0.717) is 10.0 Å². The summed E-state index contributed by atoms with van der Waals surface area (Å²) in [6, 6.07) is 4.32. The maximum atomic E-state index is 13.7. The average Bonchev–Trinajstić information content (AvgIpc) is 3.53. The molecule has 7 nitrogen and oxygen atoms in total. The van der Waals surface area contributed by atoms with Crippen LogP contribution in [0.4, 0.5) is 0 Å². The number of nitrogens with zero attached hydrogens (tertiary/aromatic N) is 1. The highest BCUT2D eigenvalue weighted by Gasteiger charge is 2.70. The van der Waals surface area contributed by atoms with Crippen molar-refractivity contribution in [3.8, 4) is 0 Å². The van der Waals surface area contributed by atoms with Crippen LogP contribution in [-0.2, 0) is 14.4 Å². The summed E-state index contributed by atoms with van der Waals surface area (Å²) in [5, 5.41) is 11.5. The molecular weight excluding hydrogens is 543 g/mol. The van der Waals surface area contributed by atoms with Gasteiger partial charge in [-0.25, -0.2) is 4.79 Å². The molecule has 0 radical (unpaired) electrons. The molecular formula is C25H24Cl2N2O5S2. The van der Waals surface area contributed by atoms with Gasteiger partial charge in [0.25, 0.3) is 0 Å². The first kappa shape index (κ1) is 24.5. The highest BCUT2D eigenvalue weighted by Crippen LogP contribution is 2.69. The number of hydrogen-bond acceptors (Lipinski definition) is 6. The molecule has 1 aromatic carbocycles. The van der Waals surface area contributed by atoms with Crippen molar-refractivity contribution in [3.63, 3.8) is 0 Å². The van der Waals surface area contributed by atoms with Crippen LogP contribution in [-0.4, -0.2) is 44.1 Å². The monoisotopic (exact) mass is 566 g/mol. The van der Waals surface area contributed by atoms with E-state index >= 15 is 0 Å². The first-order chi connectivity index (χ1) is 17.1. The molecule has 2 aliphatic carbocycles. The van der Waals surface area contributed by atoms with Gasteiger partial charge >= 0.3 is 10.8 Å². The topological polar surface area (TPSA) is 108 Å². The number of aromatic amines is 1. The Kier molecular flexibility index (Phi) is 5.87. The quantitative estimate of drug-likeness (QED) is 0.507. The number of hydrogen-bond donors (Lipinski definition) is 2. The van der Waals surface area contributed by atoms with E-state index in [4.69, 9.17) is 23.2 Å². The highest BCUT2D eigenvalue weighted by molar-refractivity contribution is 8.00. The van der Waals surface area contributed by atoms with Crippen molar-refractivity contribution in [2.24, 2.45) is 35.5 Å². The molecule has 8 atom stereocenters. The summed E-state index contributed by atoms with van der Waals surface area (Å²) >= 11 is 15.8. The summed E-state index contributed by atoms with van der Waals surface area (Å²) in [7, 11) is 0. The van der Waals surface area contributed by atoms with Crippen molar-refractivity contribution < 1.29 is 19.5 Å². The summed E-state index contributed by atoms with van der Waals surface area (Å²) in [5.74, 6) is -3.37. The minimum Gasteiger partial charge on any atom is -0.480 e. The van der Waals surface area contributed by atoms with E-state index < -0.39 is 23.8 Å². The maximum absolute atomic E-state index is 13.7. The van der Waals surface area contributed by atoms with E-state index in [1.165, 1.54) is 0 Å². The Morgan fingerprint density at radius 2 is 1.86 bits per heavy atom. The van der Waals surface area contributed by atoms with Gasteiger partial charge in [0.05, 0.1) is 26.9 Å². The summed E-state index contributed by atoms with van der Waals surface area (Å²) in [6.45, 7) is 3.77. The van der Waals surface area contributed by atoms with Gasteiger partial charge in [-0.05, 0) is 48.1 Å². The molecule has 11 heteroatoms. The van der Waals surface area contributed by atoms with Crippen LogP contribution in [0.15, 0.2) is 28.0 Å². The van der Waals surface area contributed by atoms with Crippen LogP contribution >= 0.6 is 46.3 Å². The highest BCUT2D eigenvalue weighted by atomic mass is 35.5. The molecule has 190 valence electrons. The predicted octanol–water partition coefficient (Wildman–Crippen LogP) is 4.72. The lowest BCUT2D eigenvalue weighted by Gasteiger charge is -2.43. The fourth-order valence-electron chi connectivity index (χ4n) is 7.22. The largest absolute Gasteiger partial charge is 0.480 e. The second-order valence-electron chi connectivity index (χ2n) is 10.6. The van der Waals surface area contributed by atoms with E-state index in [2.05, 4.69) is 4.98 Å². The Morgan fingerprint density at radius 3 is 2.53 bits per heavy atom. The van der Waals surface area contributed by atoms with Gasteiger partial charge in [-0.15, -0.1) is 11.8 Å². The number of carboxylic acid groups (broad SMARTS) is 1. The van der Waals surface area contributed by atoms with Gasteiger partial charge in [-0.3, -0.25) is 19.3 Å². The van der Waals surface area contributed by atoms with Crippen LogP contribution in [0, 0.1) is 35.5 Å². The molecule has 1 aromatic heterocycles.